The molecule has 184 valence electrons. The van der Waals surface area contributed by atoms with Gasteiger partial charge in [-0.15, -0.1) is 0 Å². The molecular weight excluding hydrogens is 454 g/mol. The molecule has 2 saturated heterocycles. The monoisotopic (exact) mass is 487 g/mol. The highest BCUT2D eigenvalue weighted by atomic mass is 32.2. The van der Waals surface area contributed by atoms with E-state index in [-0.39, 0.29) is 11.8 Å². The van der Waals surface area contributed by atoms with Gasteiger partial charge in [-0.1, -0.05) is 12.0 Å². The normalized spacial score (nSPS) is 20.7. The summed E-state index contributed by atoms with van der Waals surface area (Å²) in [5.74, 6) is 0.321. The van der Waals surface area contributed by atoms with E-state index in [9.17, 15) is 13.2 Å². The highest BCUT2D eigenvalue weighted by molar-refractivity contribution is 7.88. The Morgan fingerprint density at radius 2 is 1.91 bits per heavy atom. The smallest absolute Gasteiger partial charge is 0.227 e. The first-order valence-corrected chi connectivity index (χ1v) is 14.0. The van der Waals surface area contributed by atoms with Gasteiger partial charge >= 0.3 is 0 Å². The van der Waals surface area contributed by atoms with E-state index in [4.69, 9.17) is 4.98 Å². The van der Waals surface area contributed by atoms with Crippen molar-refractivity contribution in [3.8, 4) is 11.5 Å². The molecule has 1 amide bonds. The lowest BCUT2D eigenvalue weighted by atomic mass is 9.97. The lowest BCUT2D eigenvalue weighted by Gasteiger charge is -2.29. The quantitative estimate of drug-likeness (QED) is 0.573. The number of fused-ring (bicyclic) bond motifs is 1. The molecule has 0 spiro atoms. The summed E-state index contributed by atoms with van der Waals surface area (Å²) >= 11 is 0. The van der Waals surface area contributed by atoms with Gasteiger partial charge in [-0.3, -0.25) is 14.8 Å². The number of sulfonamides is 1. The Kier molecular flexibility index (Phi) is 6.59. The standard InChI is InChI=1S/C23H33N7O3S/c1-34(32,33)30-11-7-17(8-12-30)23(31)27-20-14-24-28-21(20)22-25-18-6-5-16(13-19(18)26-22)15-29-9-3-2-4-10-29/h13-14,17H,2-12,15H2,1H3,(H,24,28)(H,25,26)(H,27,31). The van der Waals surface area contributed by atoms with E-state index in [0.717, 1.165) is 30.8 Å². The third kappa shape index (κ3) is 5.11. The van der Waals surface area contributed by atoms with E-state index in [1.807, 2.05) is 0 Å². The highest BCUT2D eigenvalue weighted by Crippen LogP contribution is 2.30. The minimum absolute atomic E-state index is 0.115. The number of anilines is 1. The number of hydrogen-bond donors (Lipinski definition) is 3. The molecule has 2 aromatic heterocycles. The average Bonchev–Trinajstić information content (AvgIpc) is 3.45. The number of aromatic nitrogens is 4. The van der Waals surface area contributed by atoms with Crippen LogP contribution in [0.5, 0.6) is 0 Å². The van der Waals surface area contributed by atoms with Crippen molar-refractivity contribution in [3.05, 3.63) is 23.2 Å². The molecule has 0 radical (unpaired) electrons. The number of amides is 1. The van der Waals surface area contributed by atoms with E-state index in [1.165, 1.54) is 48.5 Å². The van der Waals surface area contributed by atoms with Crippen LogP contribution in [-0.2, 0) is 21.2 Å². The Morgan fingerprint density at radius 3 is 2.65 bits per heavy atom. The zero-order valence-corrected chi connectivity index (χ0v) is 20.5. The Morgan fingerprint density at radius 1 is 1.15 bits per heavy atom. The first-order chi connectivity index (χ1) is 16.4. The predicted molar refractivity (Wildman–Crippen MR) is 131 cm³/mol. The van der Waals surface area contributed by atoms with Crippen LogP contribution in [-0.4, -0.2) is 82.7 Å². The fourth-order valence-corrected chi connectivity index (χ4v) is 6.05. The number of nitrogens with zero attached hydrogens (tertiary/aromatic N) is 4. The van der Waals surface area contributed by atoms with Crippen LogP contribution in [0.3, 0.4) is 0 Å². The van der Waals surface area contributed by atoms with Crippen LogP contribution in [0.4, 0.5) is 5.69 Å². The van der Waals surface area contributed by atoms with Crippen LogP contribution in [0.1, 0.15) is 49.9 Å². The van der Waals surface area contributed by atoms with Gasteiger partial charge in [0.1, 0.15) is 5.69 Å². The Labute approximate surface area is 200 Å². The zero-order chi connectivity index (χ0) is 23.7. The van der Waals surface area contributed by atoms with Crippen molar-refractivity contribution in [2.75, 3.05) is 44.3 Å². The van der Waals surface area contributed by atoms with Gasteiger partial charge in [-0.2, -0.15) is 5.10 Å². The first kappa shape index (κ1) is 23.3. The second-order valence-corrected chi connectivity index (χ2v) is 11.7. The molecule has 5 rings (SSSR count). The maximum absolute atomic E-state index is 12.9. The van der Waals surface area contributed by atoms with Crippen molar-refractivity contribution in [3.63, 3.8) is 0 Å². The van der Waals surface area contributed by atoms with Crippen LogP contribution < -0.4 is 5.32 Å². The topological polar surface area (TPSA) is 127 Å². The molecule has 3 aliphatic rings. The number of nitrogens with one attached hydrogen (secondary N) is 3. The van der Waals surface area contributed by atoms with Gasteiger partial charge in [-0.25, -0.2) is 17.7 Å². The van der Waals surface area contributed by atoms with E-state index >= 15 is 0 Å². The molecule has 10 nitrogen and oxygen atoms in total. The summed E-state index contributed by atoms with van der Waals surface area (Å²) in [4.78, 5) is 23.6. The minimum Gasteiger partial charge on any atom is -0.340 e. The van der Waals surface area contributed by atoms with Crippen molar-refractivity contribution in [2.24, 2.45) is 5.92 Å². The van der Waals surface area contributed by atoms with Crippen LogP contribution in [0, 0.1) is 5.92 Å². The summed E-state index contributed by atoms with van der Waals surface area (Å²) in [6, 6.07) is 0. The summed E-state index contributed by atoms with van der Waals surface area (Å²) in [5, 5.41) is 10.1. The number of aryl methyl sites for hydroxylation is 1. The number of carbonyl (C=O) groups is 1. The number of imidazole rings is 1. The molecule has 0 atom stereocenters. The fourth-order valence-electron chi connectivity index (χ4n) is 5.18. The molecule has 2 aliphatic heterocycles. The Bertz CT molecular complexity index is 1170. The number of aromatic amines is 2. The number of likely N-dealkylation sites (tertiary alicyclic amines) is 1. The number of rotatable bonds is 6. The third-order valence-electron chi connectivity index (χ3n) is 7.15. The maximum Gasteiger partial charge on any atom is 0.227 e. The molecule has 2 fully saturated rings. The van der Waals surface area contributed by atoms with Gasteiger partial charge in [0.2, 0.25) is 15.9 Å². The van der Waals surface area contributed by atoms with Crippen molar-refractivity contribution in [2.45, 2.75) is 44.9 Å². The van der Waals surface area contributed by atoms with Gasteiger partial charge in [0.25, 0.3) is 0 Å². The van der Waals surface area contributed by atoms with Gasteiger partial charge < -0.3 is 10.3 Å². The summed E-state index contributed by atoms with van der Waals surface area (Å²) in [5.41, 5.74) is 4.73. The van der Waals surface area contributed by atoms with Crippen molar-refractivity contribution < 1.29 is 13.2 Å². The average molecular weight is 488 g/mol. The minimum atomic E-state index is -3.22. The molecule has 4 heterocycles. The zero-order valence-electron chi connectivity index (χ0n) is 19.6. The number of piperidine rings is 2. The van der Waals surface area contributed by atoms with Crippen molar-refractivity contribution >= 4 is 27.7 Å². The summed E-state index contributed by atoms with van der Waals surface area (Å²) < 4.78 is 24.9. The van der Waals surface area contributed by atoms with E-state index in [0.29, 0.717) is 43.1 Å². The van der Waals surface area contributed by atoms with E-state index in [2.05, 4.69) is 31.5 Å². The molecule has 0 unspecified atom stereocenters. The second-order valence-electron chi connectivity index (χ2n) is 9.67. The molecule has 3 N–H and O–H groups in total. The van der Waals surface area contributed by atoms with Gasteiger partial charge in [0.05, 0.1) is 23.8 Å². The summed E-state index contributed by atoms with van der Waals surface area (Å²) in [7, 11) is -3.22. The molecule has 0 saturated carbocycles. The summed E-state index contributed by atoms with van der Waals surface area (Å²) in [6.07, 6.45) is 11.9. The van der Waals surface area contributed by atoms with E-state index < -0.39 is 10.0 Å². The lowest BCUT2D eigenvalue weighted by molar-refractivity contribution is -0.120. The molecule has 34 heavy (non-hydrogen) atoms. The van der Waals surface area contributed by atoms with E-state index in [1.54, 1.807) is 6.20 Å². The second kappa shape index (κ2) is 9.63. The molecule has 0 aromatic carbocycles. The number of carbonyl (C=O) groups excluding carboxylic acids is 1. The first-order valence-electron chi connectivity index (χ1n) is 12.2. The summed E-state index contributed by atoms with van der Waals surface area (Å²) in [6.45, 7) is 4.12. The fraction of sp³-hybridized carbons (Fsp3) is 0.609. The molecule has 2 aromatic rings. The van der Waals surface area contributed by atoms with Crippen LogP contribution in [0.2, 0.25) is 0 Å². The molecule has 0 bridgehead atoms. The predicted octanol–water partition coefficient (Wildman–Crippen LogP) is 2.23. The van der Waals surface area contributed by atoms with Gasteiger partial charge in [0.15, 0.2) is 5.82 Å². The van der Waals surface area contributed by atoms with Crippen LogP contribution in [0.25, 0.3) is 17.6 Å². The Balaban J connectivity index is 1.25. The van der Waals surface area contributed by atoms with Gasteiger partial charge in [0, 0.05) is 31.2 Å². The number of hydrogen-bond acceptors (Lipinski definition) is 6. The third-order valence-corrected chi connectivity index (χ3v) is 8.45. The van der Waals surface area contributed by atoms with Crippen molar-refractivity contribution in [1.29, 1.82) is 0 Å². The molecule has 11 heteroatoms. The van der Waals surface area contributed by atoms with Crippen LogP contribution >= 0.6 is 0 Å². The number of H-pyrrole nitrogens is 2. The SMILES string of the molecule is CS(=O)(=O)N1CCC(C(=O)Nc2cn[nH]c2-c2nc3c([nH]2)CCC(CN2CCCCC2)=C3)CC1. The molecular formula is C23H33N7O3S. The van der Waals surface area contributed by atoms with Gasteiger partial charge in [-0.05, 0) is 57.7 Å². The highest BCUT2D eigenvalue weighted by Gasteiger charge is 2.30. The maximum atomic E-state index is 12.9. The van der Waals surface area contributed by atoms with Crippen LogP contribution in [0.15, 0.2) is 11.8 Å². The Hall–Kier alpha value is -2.50. The molecule has 1 aliphatic carbocycles. The lowest BCUT2D eigenvalue weighted by Crippen LogP contribution is -2.40. The largest absolute Gasteiger partial charge is 0.340 e. The van der Waals surface area contributed by atoms with Crippen molar-refractivity contribution in [1.82, 2.24) is 29.4 Å².